The van der Waals surface area contributed by atoms with Gasteiger partial charge in [0, 0.05) is 10.6 Å². The van der Waals surface area contributed by atoms with Gasteiger partial charge in [-0.2, -0.15) is 0 Å². The number of benzene rings is 1. The highest BCUT2D eigenvalue weighted by molar-refractivity contribution is 7.99. The first-order chi connectivity index (χ1) is 8.58. The fourth-order valence-electron chi connectivity index (χ4n) is 1.89. The van der Waals surface area contributed by atoms with Gasteiger partial charge in [0.15, 0.2) is 0 Å². The van der Waals surface area contributed by atoms with Gasteiger partial charge in [0.05, 0.1) is 6.61 Å². The summed E-state index contributed by atoms with van der Waals surface area (Å²) in [7, 11) is 0. The van der Waals surface area contributed by atoms with Crippen LogP contribution in [0.1, 0.15) is 22.4 Å². The van der Waals surface area contributed by atoms with Gasteiger partial charge in [-0.1, -0.05) is 17.8 Å². The second kappa shape index (κ2) is 5.55. The standard InChI is InChI=1S/C15H17NOS/c1-10-6-12(3)16-15(7-10)18-14-5-4-13(9-17)11(2)8-14/h4-8,17H,9H2,1-3H3. The maximum atomic E-state index is 9.15. The van der Waals surface area contributed by atoms with E-state index in [2.05, 4.69) is 30.1 Å². The second-order valence-corrected chi connectivity index (χ2v) is 5.57. The maximum absolute atomic E-state index is 9.15. The van der Waals surface area contributed by atoms with Crippen molar-refractivity contribution in [1.82, 2.24) is 4.98 Å². The quantitative estimate of drug-likeness (QED) is 0.913. The molecule has 0 atom stereocenters. The Morgan fingerprint density at radius 2 is 1.89 bits per heavy atom. The van der Waals surface area contributed by atoms with Crippen molar-refractivity contribution in [3.63, 3.8) is 0 Å². The molecule has 1 aromatic carbocycles. The molecule has 0 saturated carbocycles. The number of nitrogens with zero attached hydrogens (tertiary/aromatic N) is 1. The molecule has 2 nitrogen and oxygen atoms in total. The number of aromatic nitrogens is 1. The minimum absolute atomic E-state index is 0.0958. The summed E-state index contributed by atoms with van der Waals surface area (Å²) in [5.41, 5.74) is 4.37. The number of rotatable bonds is 3. The Hall–Kier alpha value is -1.32. The van der Waals surface area contributed by atoms with Crippen molar-refractivity contribution in [3.8, 4) is 0 Å². The number of hydrogen-bond donors (Lipinski definition) is 1. The van der Waals surface area contributed by atoms with E-state index in [9.17, 15) is 0 Å². The minimum Gasteiger partial charge on any atom is -0.392 e. The summed E-state index contributed by atoms with van der Waals surface area (Å²) >= 11 is 1.66. The highest BCUT2D eigenvalue weighted by atomic mass is 32.2. The number of aryl methyl sites for hydroxylation is 3. The van der Waals surface area contributed by atoms with Crippen LogP contribution in [0.25, 0.3) is 0 Å². The zero-order valence-corrected chi connectivity index (χ0v) is 11.7. The van der Waals surface area contributed by atoms with Crippen LogP contribution in [-0.4, -0.2) is 10.1 Å². The fourth-order valence-corrected chi connectivity index (χ4v) is 2.93. The van der Waals surface area contributed by atoms with E-state index in [1.54, 1.807) is 11.8 Å². The molecule has 0 saturated heterocycles. The van der Waals surface area contributed by atoms with E-state index in [0.29, 0.717) is 0 Å². The van der Waals surface area contributed by atoms with Crippen molar-refractivity contribution in [2.24, 2.45) is 0 Å². The van der Waals surface area contributed by atoms with Crippen molar-refractivity contribution in [1.29, 1.82) is 0 Å². The molecular formula is C15H17NOS. The van der Waals surface area contributed by atoms with E-state index in [-0.39, 0.29) is 6.61 Å². The Morgan fingerprint density at radius 3 is 2.50 bits per heavy atom. The summed E-state index contributed by atoms with van der Waals surface area (Å²) in [6.07, 6.45) is 0. The molecule has 2 aromatic rings. The van der Waals surface area contributed by atoms with Gasteiger partial charge >= 0.3 is 0 Å². The van der Waals surface area contributed by atoms with E-state index < -0.39 is 0 Å². The Balaban J connectivity index is 2.25. The first kappa shape index (κ1) is 13.1. The molecule has 0 aliphatic heterocycles. The first-order valence-electron chi connectivity index (χ1n) is 5.92. The average molecular weight is 259 g/mol. The molecule has 0 aliphatic rings. The summed E-state index contributed by atoms with van der Waals surface area (Å²) in [5.74, 6) is 0. The second-order valence-electron chi connectivity index (χ2n) is 4.47. The molecule has 1 heterocycles. The molecule has 1 aromatic heterocycles. The van der Waals surface area contributed by atoms with Gasteiger partial charge in [0.2, 0.25) is 0 Å². The highest BCUT2D eigenvalue weighted by Gasteiger charge is 2.03. The van der Waals surface area contributed by atoms with Crippen molar-refractivity contribution < 1.29 is 5.11 Å². The Labute approximate surface area is 112 Å². The predicted octanol–water partition coefficient (Wildman–Crippen LogP) is 3.65. The molecule has 2 rings (SSSR count). The van der Waals surface area contributed by atoms with Crippen LogP contribution in [0.5, 0.6) is 0 Å². The van der Waals surface area contributed by atoms with E-state index in [1.807, 2.05) is 26.0 Å². The molecule has 0 bridgehead atoms. The van der Waals surface area contributed by atoms with Crippen molar-refractivity contribution in [3.05, 3.63) is 52.7 Å². The van der Waals surface area contributed by atoms with Gasteiger partial charge in [-0.25, -0.2) is 4.98 Å². The molecule has 0 fully saturated rings. The zero-order valence-electron chi connectivity index (χ0n) is 10.9. The van der Waals surface area contributed by atoms with Crippen LogP contribution in [0, 0.1) is 20.8 Å². The largest absolute Gasteiger partial charge is 0.392 e. The minimum atomic E-state index is 0.0958. The molecule has 0 amide bonds. The molecule has 3 heteroatoms. The number of aliphatic hydroxyl groups is 1. The summed E-state index contributed by atoms with van der Waals surface area (Å²) in [5, 5.41) is 10.2. The Bertz CT molecular complexity index is 546. The van der Waals surface area contributed by atoms with Crippen LogP contribution in [0.15, 0.2) is 40.3 Å². The molecule has 94 valence electrons. The molecule has 1 N–H and O–H groups in total. The monoisotopic (exact) mass is 259 g/mol. The van der Waals surface area contributed by atoms with E-state index in [4.69, 9.17) is 5.11 Å². The lowest BCUT2D eigenvalue weighted by Gasteiger charge is -2.07. The van der Waals surface area contributed by atoms with Gasteiger partial charge in [0.25, 0.3) is 0 Å². The molecule has 0 aliphatic carbocycles. The van der Waals surface area contributed by atoms with Crippen LogP contribution in [0.3, 0.4) is 0 Å². The highest BCUT2D eigenvalue weighted by Crippen LogP contribution is 2.28. The molecular weight excluding hydrogens is 242 g/mol. The fraction of sp³-hybridized carbons (Fsp3) is 0.267. The van der Waals surface area contributed by atoms with Gasteiger partial charge in [-0.05, 0) is 61.7 Å². The zero-order chi connectivity index (χ0) is 13.1. The van der Waals surface area contributed by atoms with Gasteiger partial charge < -0.3 is 5.11 Å². The number of hydrogen-bond acceptors (Lipinski definition) is 3. The summed E-state index contributed by atoms with van der Waals surface area (Å²) < 4.78 is 0. The van der Waals surface area contributed by atoms with Crippen molar-refractivity contribution in [2.75, 3.05) is 0 Å². The lowest BCUT2D eigenvalue weighted by Crippen LogP contribution is -1.90. The Kier molecular flexibility index (Phi) is 4.04. The van der Waals surface area contributed by atoms with Gasteiger partial charge in [0.1, 0.15) is 5.03 Å². The molecule has 18 heavy (non-hydrogen) atoms. The topological polar surface area (TPSA) is 33.1 Å². The SMILES string of the molecule is Cc1cc(C)nc(Sc2ccc(CO)c(C)c2)c1. The van der Waals surface area contributed by atoms with Crippen LogP contribution in [0.4, 0.5) is 0 Å². The van der Waals surface area contributed by atoms with Crippen LogP contribution in [-0.2, 0) is 6.61 Å². The van der Waals surface area contributed by atoms with Gasteiger partial charge in [-0.3, -0.25) is 0 Å². The van der Waals surface area contributed by atoms with Crippen molar-refractivity contribution >= 4 is 11.8 Å². The number of pyridine rings is 1. The average Bonchev–Trinajstić information content (AvgIpc) is 2.27. The lowest BCUT2D eigenvalue weighted by atomic mass is 10.1. The molecule has 0 spiro atoms. The number of aliphatic hydroxyl groups excluding tert-OH is 1. The smallest absolute Gasteiger partial charge is 0.101 e. The van der Waals surface area contributed by atoms with Crippen molar-refractivity contribution in [2.45, 2.75) is 37.3 Å². The van der Waals surface area contributed by atoms with E-state index >= 15 is 0 Å². The maximum Gasteiger partial charge on any atom is 0.101 e. The Morgan fingerprint density at radius 1 is 1.11 bits per heavy atom. The molecule has 0 radical (unpaired) electrons. The third-order valence-corrected chi connectivity index (χ3v) is 3.69. The van der Waals surface area contributed by atoms with Crippen LogP contribution >= 0.6 is 11.8 Å². The van der Waals surface area contributed by atoms with Crippen LogP contribution < -0.4 is 0 Å². The summed E-state index contributed by atoms with van der Waals surface area (Å²) in [6, 6.07) is 10.3. The van der Waals surface area contributed by atoms with E-state index in [0.717, 1.165) is 26.7 Å². The third kappa shape index (κ3) is 3.12. The first-order valence-corrected chi connectivity index (χ1v) is 6.73. The summed E-state index contributed by atoms with van der Waals surface area (Å²) in [4.78, 5) is 5.67. The van der Waals surface area contributed by atoms with Gasteiger partial charge in [-0.15, -0.1) is 0 Å². The molecule has 0 unspecified atom stereocenters. The summed E-state index contributed by atoms with van der Waals surface area (Å²) in [6.45, 7) is 6.21. The normalized spacial score (nSPS) is 10.7. The lowest BCUT2D eigenvalue weighted by molar-refractivity contribution is 0.281. The van der Waals surface area contributed by atoms with Crippen LogP contribution in [0.2, 0.25) is 0 Å². The third-order valence-electron chi connectivity index (χ3n) is 2.78. The predicted molar refractivity (Wildman–Crippen MR) is 74.9 cm³/mol. The van der Waals surface area contributed by atoms with E-state index in [1.165, 1.54) is 5.56 Å².